The fourth-order valence-electron chi connectivity index (χ4n) is 6.44. The lowest BCUT2D eigenvalue weighted by atomic mass is 10.0. The summed E-state index contributed by atoms with van der Waals surface area (Å²) in [4.78, 5) is 121. The van der Waals surface area contributed by atoms with Gasteiger partial charge in [-0.1, -0.05) is 36.8 Å². The van der Waals surface area contributed by atoms with Gasteiger partial charge in [0.25, 0.3) is 0 Å². The van der Waals surface area contributed by atoms with Crippen LogP contribution in [0.3, 0.4) is 0 Å². The molecule has 0 radical (unpaired) electrons. The molecule has 1 rings (SSSR count). The maximum absolute atomic E-state index is 13.8. The number of primary amides is 1. The van der Waals surface area contributed by atoms with Crippen LogP contribution in [0.2, 0.25) is 0 Å². The van der Waals surface area contributed by atoms with Gasteiger partial charge >= 0.3 is 0 Å². The molecule has 25 nitrogen and oxygen atoms in total. The van der Waals surface area contributed by atoms with Gasteiger partial charge in [0.2, 0.25) is 47.3 Å². The highest BCUT2D eigenvalue weighted by Gasteiger charge is 2.33. The van der Waals surface area contributed by atoms with Crippen LogP contribution in [0.25, 0.3) is 0 Å². The van der Waals surface area contributed by atoms with Gasteiger partial charge in [0.1, 0.15) is 36.5 Å². The quantitative estimate of drug-likeness (QED) is 0.0129. The third kappa shape index (κ3) is 25.3. The second-order valence-electron chi connectivity index (χ2n) is 15.8. The molecule has 22 N–H and O–H groups in total. The lowest BCUT2D eigenvalue weighted by Crippen LogP contribution is -2.60. The minimum absolute atomic E-state index is 0.0122. The Morgan fingerprint density at radius 3 is 1.63 bits per heavy atom. The van der Waals surface area contributed by atoms with Crippen molar-refractivity contribution in [3.8, 4) is 0 Å². The number of unbranched alkanes of at least 4 members (excludes halogenated alkanes) is 3. The molecule has 67 heavy (non-hydrogen) atoms. The van der Waals surface area contributed by atoms with Gasteiger partial charge in [0.15, 0.2) is 5.96 Å². The van der Waals surface area contributed by atoms with Gasteiger partial charge in [-0.15, -0.1) is 0 Å². The van der Waals surface area contributed by atoms with Crippen LogP contribution in [-0.4, -0.2) is 146 Å². The van der Waals surface area contributed by atoms with Crippen molar-refractivity contribution in [1.82, 2.24) is 37.2 Å². The van der Waals surface area contributed by atoms with Crippen LogP contribution in [0, 0.1) is 0 Å². The van der Waals surface area contributed by atoms with E-state index in [1.54, 1.807) is 30.3 Å². The SMILES string of the molecule is NCCCC[C@H](NC(=O)CNC(=O)[C@H](Cc1ccccc1)NC(=O)[C@@H](N)CCCCN)C(=O)N[C@@H](CC(N)=O)C(=O)N[C@@H](CCCCN)C(=O)N[C@@H](CO)C(=O)N[C@H](C=O)CCCN=C(N)N. The van der Waals surface area contributed by atoms with Crippen molar-refractivity contribution in [2.45, 2.75) is 126 Å². The van der Waals surface area contributed by atoms with E-state index in [0.29, 0.717) is 69.8 Å². The zero-order valence-corrected chi connectivity index (χ0v) is 38.1. The summed E-state index contributed by atoms with van der Waals surface area (Å²) in [6.45, 7) is -0.424. The number of aliphatic hydroxyl groups excluding tert-OH is 1. The van der Waals surface area contributed by atoms with Crippen LogP contribution < -0.4 is 77.4 Å². The summed E-state index contributed by atoms with van der Waals surface area (Å²) in [5.74, 6) is -7.03. The molecule has 1 aromatic carbocycles. The number of rotatable bonds is 36. The first-order chi connectivity index (χ1) is 32.0. The maximum atomic E-state index is 13.8. The summed E-state index contributed by atoms with van der Waals surface area (Å²) in [5, 5.41) is 27.3. The number of guanidine groups is 1. The average molecular weight is 948 g/mol. The Morgan fingerprint density at radius 2 is 1.09 bits per heavy atom. The van der Waals surface area contributed by atoms with E-state index in [0.717, 1.165) is 0 Å². The number of aliphatic imine (C=N–C) groups is 1. The molecule has 0 saturated carbocycles. The van der Waals surface area contributed by atoms with Crippen LogP contribution >= 0.6 is 0 Å². The Bertz CT molecular complexity index is 1750. The third-order valence-electron chi connectivity index (χ3n) is 10.1. The predicted molar refractivity (Wildman–Crippen MR) is 248 cm³/mol. The number of hydrogen-bond donors (Lipinski definition) is 15. The summed E-state index contributed by atoms with van der Waals surface area (Å²) >= 11 is 0. The monoisotopic (exact) mass is 948 g/mol. The lowest BCUT2D eigenvalue weighted by molar-refractivity contribution is -0.136. The molecule has 0 spiro atoms. The zero-order valence-electron chi connectivity index (χ0n) is 38.1. The van der Waals surface area contributed by atoms with Gasteiger partial charge in [0, 0.05) is 13.0 Å². The van der Waals surface area contributed by atoms with Gasteiger partial charge < -0.3 is 87.3 Å². The number of aldehydes is 1. The van der Waals surface area contributed by atoms with Gasteiger partial charge in [-0.05, 0) is 89.4 Å². The molecular formula is C42H73N15O10. The normalized spacial score (nSPS) is 14.0. The van der Waals surface area contributed by atoms with Gasteiger partial charge in [-0.25, -0.2) is 0 Å². The Labute approximate surface area is 390 Å². The highest BCUT2D eigenvalue weighted by molar-refractivity contribution is 5.98. The number of benzene rings is 1. The lowest BCUT2D eigenvalue weighted by Gasteiger charge is -2.26. The topological polar surface area (TPSA) is 453 Å². The molecule has 0 unspecified atom stereocenters. The molecule has 8 amide bonds. The predicted octanol–water partition coefficient (Wildman–Crippen LogP) is -5.91. The number of carbonyl (C=O) groups is 9. The molecule has 0 aliphatic rings. The van der Waals surface area contributed by atoms with Crippen molar-refractivity contribution >= 4 is 59.5 Å². The number of nitrogens with zero attached hydrogens (tertiary/aromatic N) is 1. The van der Waals surface area contributed by atoms with E-state index >= 15 is 0 Å². The number of hydrogen-bond acceptors (Lipinski definition) is 15. The smallest absolute Gasteiger partial charge is 0.245 e. The summed E-state index contributed by atoms with van der Waals surface area (Å²) in [6.07, 6.45) is 3.34. The van der Waals surface area contributed by atoms with Crippen LogP contribution in [0.5, 0.6) is 0 Å². The van der Waals surface area contributed by atoms with E-state index < -0.39 is 109 Å². The number of nitrogens with two attached hydrogens (primary N) is 7. The molecule has 1 aromatic rings. The second-order valence-corrected chi connectivity index (χ2v) is 15.8. The van der Waals surface area contributed by atoms with Crippen molar-refractivity contribution in [3.63, 3.8) is 0 Å². The summed E-state index contributed by atoms with van der Waals surface area (Å²) in [7, 11) is 0. The number of aliphatic hydroxyl groups is 1. The number of nitrogens with one attached hydrogen (secondary N) is 7. The molecule has 0 fully saturated rings. The van der Waals surface area contributed by atoms with E-state index in [2.05, 4.69) is 42.2 Å². The van der Waals surface area contributed by atoms with Gasteiger partial charge in [-0.2, -0.15) is 0 Å². The van der Waals surface area contributed by atoms with E-state index in [1.807, 2.05) is 0 Å². The summed E-state index contributed by atoms with van der Waals surface area (Å²) in [5.41, 5.74) is 39.7. The molecule has 0 aliphatic heterocycles. The van der Waals surface area contributed by atoms with E-state index in [4.69, 9.17) is 40.1 Å². The van der Waals surface area contributed by atoms with Crippen LogP contribution in [0.4, 0.5) is 0 Å². The number of amides is 8. The molecule has 376 valence electrons. The van der Waals surface area contributed by atoms with Crippen molar-refractivity contribution in [2.24, 2.45) is 45.1 Å². The first-order valence-electron chi connectivity index (χ1n) is 22.4. The molecular weight excluding hydrogens is 875 g/mol. The molecule has 0 bridgehead atoms. The molecule has 7 atom stereocenters. The third-order valence-corrected chi connectivity index (χ3v) is 10.1. The summed E-state index contributed by atoms with van der Waals surface area (Å²) < 4.78 is 0. The first-order valence-corrected chi connectivity index (χ1v) is 22.4. The fraction of sp³-hybridized carbons (Fsp3) is 0.619. The molecule has 0 aliphatic carbocycles. The Morgan fingerprint density at radius 1 is 0.582 bits per heavy atom. The Balaban J connectivity index is 3.18. The van der Waals surface area contributed by atoms with Crippen molar-refractivity contribution < 1.29 is 48.3 Å². The Hall–Kier alpha value is -6.28. The molecule has 0 aromatic heterocycles. The van der Waals surface area contributed by atoms with E-state index in [9.17, 15) is 48.3 Å². The average Bonchev–Trinajstić information content (AvgIpc) is 3.29. The van der Waals surface area contributed by atoms with Gasteiger partial charge in [0.05, 0.1) is 31.7 Å². The Kier molecular flexibility index (Phi) is 29.9. The molecule has 0 saturated heterocycles. The van der Waals surface area contributed by atoms with Crippen LogP contribution in [-0.2, 0) is 49.6 Å². The second kappa shape index (κ2) is 34.1. The maximum Gasteiger partial charge on any atom is 0.245 e. The standard InChI is InChI=1S/C42H73N15O10/c43-17-7-4-14-28(46)36(62)55-31(21-26-11-2-1-3-12-26)37(63)51-23-35(61)53-29(15-5-8-18-44)38(64)56-32(22-34(47)60)40(66)54-30(16-6-9-19-45)39(65)57-33(25-59)41(67)52-27(24-58)13-10-20-50-42(48)49/h1-3,11-12,24,27-33,59H,4-10,13-23,25,43-46H2,(H2,47,60)(H,51,63)(H,52,67)(H,53,61)(H,54,66)(H,55,62)(H,56,64)(H,57,65)(H4,48,49,50)/t27-,28-,29-,30-,31-,32-,33-/m0/s1. The first kappa shape index (κ1) is 58.7. The van der Waals surface area contributed by atoms with E-state index in [1.165, 1.54) is 0 Å². The van der Waals surface area contributed by atoms with Crippen molar-refractivity contribution in [3.05, 3.63) is 35.9 Å². The van der Waals surface area contributed by atoms with Crippen molar-refractivity contribution in [1.29, 1.82) is 0 Å². The minimum atomic E-state index is -1.67. The van der Waals surface area contributed by atoms with Crippen molar-refractivity contribution in [2.75, 3.05) is 39.3 Å². The molecule has 0 heterocycles. The molecule has 25 heteroatoms. The fourth-order valence-corrected chi connectivity index (χ4v) is 6.44. The number of carbonyl (C=O) groups excluding carboxylic acids is 9. The largest absolute Gasteiger partial charge is 0.394 e. The minimum Gasteiger partial charge on any atom is -0.394 e. The van der Waals surface area contributed by atoms with Gasteiger partial charge in [-0.3, -0.25) is 43.3 Å². The van der Waals surface area contributed by atoms with E-state index in [-0.39, 0.29) is 51.3 Å². The highest BCUT2D eigenvalue weighted by Crippen LogP contribution is 2.08. The zero-order chi connectivity index (χ0) is 50.1. The highest BCUT2D eigenvalue weighted by atomic mass is 16.3. The van der Waals surface area contributed by atoms with Crippen LogP contribution in [0.15, 0.2) is 35.3 Å². The summed E-state index contributed by atoms with van der Waals surface area (Å²) in [6, 6.07) is -0.151. The van der Waals surface area contributed by atoms with Crippen LogP contribution in [0.1, 0.15) is 82.6 Å².